The van der Waals surface area contributed by atoms with Gasteiger partial charge in [-0.15, -0.1) is 0 Å². The average molecular weight is 740 g/mol. The van der Waals surface area contributed by atoms with Gasteiger partial charge in [-0.3, -0.25) is 4.99 Å². The highest BCUT2D eigenvalue weighted by Gasteiger charge is 2.12. The number of hydrogen-bond acceptors (Lipinski definition) is 11. The number of aliphatic imine (C=N–C) groups is 1. The molecule has 0 aliphatic carbocycles. The molecule has 0 unspecified atom stereocenters. The Kier molecular flexibility index (Phi) is 15.9. The Morgan fingerprint density at radius 3 is 1.47 bits per heavy atom. The Balaban J connectivity index is 1.19. The summed E-state index contributed by atoms with van der Waals surface area (Å²) >= 11 is 6.42. The maximum absolute atomic E-state index is 12.7. The van der Waals surface area contributed by atoms with Crippen molar-refractivity contribution in [2.45, 2.75) is 25.7 Å². The summed E-state index contributed by atoms with van der Waals surface area (Å²) in [5.41, 5.74) is 1.89. The fourth-order valence-electron chi connectivity index (χ4n) is 4.38. The number of ether oxygens (including phenoxy) is 6. The summed E-state index contributed by atoms with van der Waals surface area (Å²) in [6, 6.07) is 24.7. The monoisotopic (exact) mass is 739 g/mol. The Morgan fingerprint density at radius 2 is 1.00 bits per heavy atom. The predicted molar refractivity (Wildman–Crippen MR) is 200 cm³/mol. The van der Waals surface area contributed by atoms with Crippen molar-refractivity contribution in [3.8, 4) is 23.0 Å². The van der Waals surface area contributed by atoms with Gasteiger partial charge in [0.1, 0.15) is 23.0 Å². The predicted octanol–water partition coefficient (Wildman–Crippen LogP) is 8.31. The Hall–Kier alpha value is -6.20. The number of carbonyl (C=O) groups is 4. The van der Waals surface area contributed by atoms with Crippen LogP contribution in [0.4, 0.5) is 5.69 Å². The van der Waals surface area contributed by atoms with Gasteiger partial charge in [-0.2, -0.15) is 0 Å². The molecule has 12 heteroatoms. The van der Waals surface area contributed by atoms with Crippen molar-refractivity contribution in [3.05, 3.63) is 138 Å². The van der Waals surface area contributed by atoms with Gasteiger partial charge in [0.25, 0.3) is 0 Å². The standard InChI is InChI=1S/C41H38ClNO10/c1-3-38(44)50-25-7-5-23-48-32-17-11-30(12-18-32)40(46)52-34-15-9-29(10-16-34)28-43-37-22-21-35(27-36(37)42)53-41(47)31-13-19-33(20-14-31)49-24-6-8-26-51-39(45)4-2/h3-4,9-22,27-28H,1-2,5-8,23-26H2/b43-28+. The molecule has 0 heterocycles. The molecule has 0 aliphatic heterocycles. The van der Waals surface area contributed by atoms with Crippen LogP contribution >= 0.6 is 11.6 Å². The molecule has 0 bridgehead atoms. The molecular weight excluding hydrogens is 702 g/mol. The largest absolute Gasteiger partial charge is 0.494 e. The second kappa shape index (κ2) is 21.2. The van der Waals surface area contributed by atoms with Gasteiger partial charge in [0, 0.05) is 24.4 Å². The van der Waals surface area contributed by atoms with Crippen molar-refractivity contribution in [3.63, 3.8) is 0 Å². The van der Waals surface area contributed by atoms with Crippen molar-refractivity contribution < 1.29 is 47.6 Å². The normalized spacial score (nSPS) is 10.6. The molecular formula is C41H38ClNO10. The van der Waals surface area contributed by atoms with E-state index in [9.17, 15) is 19.2 Å². The fourth-order valence-corrected chi connectivity index (χ4v) is 4.60. The quantitative estimate of drug-likeness (QED) is 0.0286. The Labute approximate surface area is 312 Å². The van der Waals surface area contributed by atoms with Crippen molar-refractivity contribution in [2.75, 3.05) is 26.4 Å². The van der Waals surface area contributed by atoms with Crippen LogP contribution in [-0.2, 0) is 19.1 Å². The smallest absolute Gasteiger partial charge is 0.343 e. The van der Waals surface area contributed by atoms with Gasteiger partial charge in [-0.05, 0) is 116 Å². The molecule has 0 saturated carbocycles. The number of hydrogen-bond donors (Lipinski definition) is 0. The fraction of sp³-hybridized carbons (Fsp3) is 0.195. The lowest BCUT2D eigenvalue weighted by Gasteiger charge is -2.08. The van der Waals surface area contributed by atoms with E-state index >= 15 is 0 Å². The molecule has 4 rings (SSSR count). The first-order valence-electron chi connectivity index (χ1n) is 16.7. The van der Waals surface area contributed by atoms with E-state index in [0.29, 0.717) is 86.2 Å². The van der Waals surface area contributed by atoms with Gasteiger partial charge in [-0.25, -0.2) is 19.2 Å². The minimum absolute atomic E-state index is 0.255. The van der Waals surface area contributed by atoms with Gasteiger partial charge in [0.05, 0.1) is 48.3 Å². The lowest BCUT2D eigenvalue weighted by atomic mass is 10.2. The number of carbonyl (C=O) groups excluding carboxylic acids is 4. The van der Waals surface area contributed by atoms with Crippen LogP contribution in [0.1, 0.15) is 52.0 Å². The number of esters is 4. The molecule has 4 aromatic carbocycles. The number of benzene rings is 4. The Bertz CT molecular complexity index is 1890. The number of unbranched alkanes of at least 4 members (excludes halogenated alkanes) is 2. The van der Waals surface area contributed by atoms with E-state index < -0.39 is 23.9 Å². The summed E-state index contributed by atoms with van der Waals surface area (Å²) in [6.07, 6.45) is 6.55. The maximum atomic E-state index is 12.7. The van der Waals surface area contributed by atoms with Crippen molar-refractivity contribution >= 4 is 47.4 Å². The number of rotatable bonds is 20. The summed E-state index contributed by atoms with van der Waals surface area (Å²) in [5.74, 6) is -0.171. The molecule has 0 radical (unpaired) electrons. The van der Waals surface area contributed by atoms with Crippen molar-refractivity contribution in [2.24, 2.45) is 4.99 Å². The van der Waals surface area contributed by atoms with Crippen LogP contribution in [0.15, 0.2) is 121 Å². The molecule has 11 nitrogen and oxygen atoms in total. The Morgan fingerprint density at radius 1 is 0.566 bits per heavy atom. The zero-order valence-electron chi connectivity index (χ0n) is 28.9. The summed E-state index contributed by atoms with van der Waals surface area (Å²) in [4.78, 5) is 51.8. The summed E-state index contributed by atoms with van der Waals surface area (Å²) in [7, 11) is 0. The first-order valence-corrected chi connectivity index (χ1v) is 17.0. The summed E-state index contributed by atoms with van der Waals surface area (Å²) in [6.45, 7) is 8.16. The molecule has 4 aromatic rings. The molecule has 0 aliphatic rings. The molecule has 0 N–H and O–H groups in total. The molecule has 53 heavy (non-hydrogen) atoms. The van der Waals surface area contributed by atoms with E-state index in [1.807, 2.05) is 0 Å². The van der Waals surface area contributed by atoms with Crippen molar-refractivity contribution in [1.82, 2.24) is 0 Å². The molecule has 274 valence electrons. The lowest BCUT2D eigenvalue weighted by molar-refractivity contribution is -0.138. The van der Waals surface area contributed by atoms with Gasteiger partial charge >= 0.3 is 23.9 Å². The zero-order valence-corrected chi connectivity index (χ0v) is 29.6. The zero-order chi connectivity index (χ0) is 37.8. The van der Waals surface area contributed by atoms with E-state index in [1.54, 1.807) is 91.1 Å². The number of nitrogens with zero attached hydrogens (tertiary/aromatic N) is 1. The molecule has 0 saturated heterocycles. The summed E-state index contributed by atoms with van der Waals surface area (Å²) in [5, 5.41) is 0.281. The third kappa shape index (κ3) is 13.8. The van der Waals surface area contributed by atoms with E-state index in [1.165, 1.54) is 6.07 Å². The lowest BCUT2D eigenvalue weighted by Crippen LogP contribution is -2.08. The topological polar surface area (TPSA) is 136 Å². The molecule has 0 amide bonds. The van der Waals surface area contributed by atoms with Crippen LogP contribution in [0.2, 0.25) is 5.02 Å². The van der Waals surface area contributed by atoms with Crippen LogP contribution in [0.5, 0.6) is 23.0 Å². The van der Waals surface area contributed by atoms with Gasteiger partial charge in [-0.1, -0.05) is 24.8 Å². The van der Waals surface area contributed by atoms with E-state index in [-0.39, 0.29) is 10.8 Å². The number of halogens is 1. The minimum Gasteiger partial charge on any atom is -0.494 e. The SMILES string of the molecule is C=CC(=O)OCCCCOc1ccc(C(=O)Oc2ccc(/C=N/c3ccc(OC(=O)c4ccc(OCCCCOC(=O)C=C)cc4)cc3Cl)cc2)cc1. The average Bonchev–Trinajstić information content (AvgIpc) is 3.17. The minimum atomic E-state index is -0.561. The van der Waals surface area contributed by atoms with E-state index in [4.69, 9.17) is 40.0 Å². The van der Waals surface area contributed by atoms with Crippen molar-refractivity contribution in [1.29, 1.82) is 0 Å². The summed E-state index contributed by atoms with van der Waals surface area (Å²) < 4.78 is 32.1. The molecule has 0 atom stereocenters. The maximum Gasteiger partial charge on any atom is 0.343 e. The van der Waals surface area contributed by atoms with Crippen LogP contribution in [0.25, 0.3) is 0 Å². The van der Waals surface area contributed by atoms with Gasteiger partial charge in [0.15, 0.2) is 0 Å². The van der Waals surface area contributed by atoms with Crippen LogP contribution in [0, 0.1) is 0 Å². The second-order valence-electron chi connectivity index (χ2n) is 11.1. The highest BCUT2D eigenvalue weighted by Crippen LogP contribution is 2.30. The molecule has 0 fully saturated rings. The molecule has 0 aromatic heterocycles. The van der Waals surface area contributed by atoms with E-state index in [0.717, 1.165) is 17.7 Å². The van der Waals surface area contributed by atoms with Crippen LogP contribution < -0.4 is 18.9 Å². The second-order valence-corrected chi connectivity index (χ2v) is 11.5. The first kappa shape index (κ1) is 39.6. The highest BCUT2D eigenvalue weighted by molar-refractivity contribution is 6.33. The third-order valence-electron chi connectivity index (χ3n) is 7.19. The van der Waals surface area contributed by atoms with Crippen LogP contribution in [-0.4, -0.2) is 56.5 Å². The van der Waals surface area contributed by atoms with Gasteiger partial charge in [0.2, 0.25) is 0 Å². The van der Waals surface area contributed by atoms with Gasteiger partial charge < -0.3 is 28.4 Å². The van der Waals surface area contributed by atoms with E-state index in [2.05, 4.69) is 18.2 Å². The first-order chi connectivity index (χ1) is 25.7. The highest BCUT2D eigenvalue weighted by atomic mass is 35.5. The third-order valence-corrected chi connectivity index (χ3v) is 7.49. The molecule has 0 spiro atoms. The van der Waals surface area contributed by atoms with Crippen LogP contribution in [0.3, 0.4) is 0 Å².